The Labute approximate surface area is 904 Å². The molecule has 5 aromatic heterocycles. The van der Waals surface area contributed by atoms with Crippen LogP contribution in [0.1, 0.15) is 191 Å². The smallest absolute Gasteiger partial charge is 0.264 e. The van der Waals surface area contributed by atoms with Crippen LogP contribution < -0.4 is 86.7 Å². The number of benzene rings is 7. The lowest BCUT2D eigenvalue weighted by Gasteiger charge is -2.43. The van der Waals surface area contributed by atoms with Gasteiger partial charge < -0.3 is 68.7 Å². The maximum absolute atomic E-state index is 14.0. The first-order valence-electron chi connectivity index (χ1n) is 50.5. The number of nitrogens with zero attached hydrogens (tertiary/aromatic N) is 15. The van der Waals surface area contributed by atoms with Crippen molar-refractivity contribution in [2.75, 3.05) is 108 Å². The van der Waals surface area contributed by atoms with Crippen LogP contribution in [0.5, 0.6) is 0 Å². The number of hydrogen-bond donors (Lipinski definition) is 7. The van der Waals surface area contributed by atoms with Crippen molar-refractivity contribution >= 4 is 134 Å². The first kappa shape index (κ1) is 111. The minimum atomic E-state index is -1.18. The van der Waals surface area contributed by atoms with E-state index in [2.05, 4.69) is 95.8 Å². The summed E-state index contributed by atoms with van der Waals surface area (Å²) in [5, 5.41) is 11.2. The maximum atomic E-state index is 14.0. The molecule has 6 fully saturated rings. The molecule has 6 saturated heterocycles. The molecule has 0 amide bonds. The molecule has 3 spiro atoms. The molecular weight excluding hydrogens is 2070 g/mol. The fourth-order valence-corrected chi connectivity index (χ4v) is 24.5. The topological polar surface area (TPSA) is 376 Å². The second kappa shape index (κ2) is 45.0. The summed E-state index contributed by atoms with van der Waals surface area (Å²) in [7, 11) is 0. The number of nitrogen functional groups attached to an aromatic ring is 2. The third-order valence-electron chi connectivity index (χ3n) is 32.2. The van der Waals surface area contributed by atoms with Gasteiger partial charge in [-0.1, -0.05) is 186 Å². The van der Waals surface area contributed by atoms with Gasteiger partial charge in [0.2, 0.25) is 11.9 Å². The molecule has 0 saturated carbocycles. The van der Waals surface area contributed by atoms with Crippen molar-refractivity contribution in [2.24, 2.45) is 44.6 Å². The number of nitrogens with two attached hydrogens (primary N) is 6. The van der Waals surface area contributed by atoms with Crippen molar-refractivity contribution in [3.63, 3.8) is 0 Å². The molecular formula is C110H128Cl8F3N21O7. The standard InChI is InChI=1S/C25H25ClF2N4O.C25H26ClFN4O.C21H28Cl2N4O2.C20H25Cl2N5O2.C19H24Cl2N4O/c1-14-23(30-15(2)32(24(14)33)19-8-7-18(27)21(28)20(19)26)31-11-9-25(10-12-31)13-16-5-3-4-6-17(16)22(25)29;1-15-23(29-16(2)31(24(15)32)20-9-5-8-19(27)21(20)26)30-12-10-25(11-13-30)14-17-6-3-4-7-18(17)22(25)28;1-13(28)12-21(24)8-5-10-26(11-9-21)19-14(2)20(29)27(15(3)25-19)17-7-4-6-16(22)18(17)23;1-11-17(26-8-6-20(7-9-26)10-29-12(2)16(20)23)25-19(24)27(18(11)28)14-5-3-4-13(21)15(14)22;1-4-19(3)8-10-24(11-9-19)16-12(2)17(26)25(18(22)23-16)14-7-5-6-13(20)15(14)21/h3-8,22H,9-13,29H2,1-2H3;3-9,22H,10-14,28H2,1-2H3;4,6-7,13,28H,5,8-12,24H2,1-3H3;3-5,12,16H,6-10,23H2,1-2H3,(H2,24,25);5-7H,4,8-11H2,1-3H3,(H2,22,23)/t2*22-;;12-,16+;/m11.1./s1. The van der Waals surface area contributed by atoms with Crippen LogP contribution in [-0.2, 0) is 17.6 Å². The number of hydrogen-bond acceptors (Lipinski definition) is 23. The first-order valence-corrected chi connectivity index (χ1v) is 53.5. The van der Waals surface area contributed by atoms with Crippen molar-refractivity contribution in [1.82, 2.24) is 47.8 Å². The van der Waals surface area contributed by atoms with E-state index in [9.17, 15) is 42.3 Å². The zero-order valence-corrected chi connectivity index (χ0v) is 91.7. The van der Waals surface area contributed by atoms with Crippen LogP contribution in [0.25, 0.3) is 28.4 Å². The number of ether oxygens (including phenoxy) is 1. The molecule has 12 aromatic rings. The number of anilines is 7. The molecule has 792 valence electrons. The number of aryl methyl sites for hydroxylation is 3. The lowest BCUT2D eigenvalue weighted by molar-refractivity contribution is 0.0974. The molecule has 149 heavy (non-hydrogen) atoms. The third-order valence-corrected chi connectivity index (χ3v) is 35.4. The molecule has 28 nitrogen and oxygen atoms in total. The van der Waals surface area contributed by atoms with Gasteiger partial charge in [0.15, 0.2) is 11.6 Å². The highest BCUT2D eigenvalue weighted by molar-refractivity contribution is 6.44. The Morgan fingerprint density at radius 2 is 0.732 bits per heavy atom. The molecule has 6 atom stereocenters. The van der Waals surface area contributed by atoms with Gasteiger partial charge in [0.25, 0.3) is 27.8 Å². The Balaban J connectivity index is 0.000000133. The van der Waals surface area contributed by atoms with E-state index in [1.54, 1.807) is 129 Å². The molecule has 2 unspecified atom stereocenters. The highest BCUT2D eigenvalue weighted by Crippen LogP contribution is 2.54. The molecule has 13 N–H and O–H groups in total. The van der Waals surface area contributed by atoms with Crippen LogP contribution in [-0.4, -0.2) is 149 Å². The Bertz CT molecular complexity index is 7420. The van der Waals surface area contributed by atoms with Crippen LogP contribution in [0.3, 0.4) is 0 Å². The minimum absolute atomic E-state index is 0.00133. The van der Waals surface area contributed by atoms with E-state index in [1.807, 2.05) is 13.0 Å². The Morgan fingerprint density at radius 1 is 0.403 bits per heavy atom. The van der Waals surface area contributed by atoms with E-state index in [4.69, 9.17) is 142 Å². The summed E-state index contributed by atoms with van der Waals surface area (Å²) in [6.45, 7) is 30.8. The molecule has 8 aliphatic rings. The number of aliphatic hydroxyl groups is 1. The quantitative estimate of drug-likeness (QED) is 0.0527. The van der Waals surface area contributed by atoms with E-state index >= 15 is 0 Å². The average molecular weight is 2200 g/mol. The second-order valence-electron chi connectivity index (χ2n) is 41.6. The van der Waals surface area contributed by atoms with Crippen LogP contribution >= 0.6 is 92.8 Å². The normalized spacial score (nSPS) is 20.1. The monoisotopic (exact) mass is 2190 g/mol. The Kier molecular flexibility index (Phi) is 33.5. The van der Waals surface area contributed by atoms with Crippen LogP contribution in [0.2, 0.25) is 40.2 Å². The summed E-state index contributed by atoms with van der Waals surface area (Å²) in [6, 6.07) is 39.0. The van der Waals surface area contributed by atoms with Gasteiger partial charge in [0.1, 0.15) is 62.4 Å². The van der Waals surface area contributed by atoms with Crippen molar-refractivity contribution in [3.8, 4) is 28.4 Å². The zero-order valence-electron chi connectivity index (χ0n) is 85.7. The van der Waals surface area contributed by atoms with E-state index < -0.39 is 34.1 Å². The summed E-state index contributed by atoms with van der Waals surface area (Å²) >= 11 is 49.4. The van der Waals surface area contributed by atoms with Gasteiger partial charge in [-0.15, -0.1) is 0 Å². The van der Waals surface area contributed by atoms with Crippen molar-refractivity contribution in [3.05, 3.63) is 310 Å². The maximum Gasteiger partial charge on any atom is 0.264 e. The molecule has 6 aliphatic heterocycles. The molecule has 20 rings (SSSR count). The molecule has 7 aromatic carbocycles. The van der Waals surface area contributed by atoms with Gasteiger partial charge in [0, 0.05) is 94.5 Å². The van der Waals surface area contributed by atoms with E-state index in [0.717, 1.165) is 155 Å². The van der Waals surface area contributed by atoms with Gasteiger partial charge >= 0.3 is 0 Å². The molecule has 2 aliphatic carbocycles. The molecule has 11 heterocycles. The van der Waals surface area contributed by atoms with Gasteiger partial charge in [-0.25, -0.2) is 37.3 Å². The van der Waals surface area contributed by atoms with E-state index in [0.29, 0.717) is 142 Å². The molecule has 39 heteroatoms. The molecule has 0 bridgehead atoms. The van der Waals surface area contributed by atoms with E-state index in [-0.39, 0.29) is 101 Å². The van der Waals surface area contributed by atoms with Crippen LogP contribution in [0.4, 0.5) is 54.2 Å². The Hall–Kier alpha value is -10.6. The van der Waals surface area contributed by atoms with Gasteiger partial charge in [-0.3, -0.25) is 37.7 Å². The first-order chi connectivity index (χ1) is 70.7. The van der Waals surface area contributed by atoms with Gasteiger partial charge in [0.05, 0.1) is 105 Å². The summed E-state index contributed by atoms with van der Waals surface area (Å²) in [5.41, 5.74) is 47.1. The number of fused-ring (bicyclic) bond motifs is 2. The summed E-state index contributed by atoms with van der Waals surface area (Å²) in [4.78, 5) is 99.9. The molecule has 0 radical (unpaired) electrons. The largest absolute Gasteiger partial charge is 0.393 e. The van der Waals surface area contributed by atoms with Crippen LogP contribution in [0.15, 0.2) is 157 Å². The average Bonchev–Trinajstić information content (AvgIpc) is 1.63. The Morgan fingerprint density at radius 3 is 1.10 bits per heavy atom. The summed E-state index contributed by atoms with van der Waals surface area (Å²) < 4.78 is 54.1. The fraction of sp³-hybridized carbons (Fsp3) is 0.436. The van der Waals surface area contributed by atoms with Crippen molar-refractivity contribution in [2.45, 2.75) is 215 Å². The third kappa shape index (κ3) is 21.9. The fourth-order valence-electron chi connectivity index (χ4n) is 22.9. The van der Waals surface area contributed by atoms with E-state index in [1.165, 1.54) is 57.2 Å². The SMILES string of the molecule is CCC1(C)CCN(c2nc(N)n(-c3cccc(Cl)c3Cl)c(=O)c2C)CC1.Cc1c(N2CCC3(CC2)CO[C@H](C)[C@@H]3N)nc(N)n(-c2cccc(Cl)c2Cl)c1=O.Cc1c(N2CCC3(CC2)Cc2ccccc2[C@H]3N)nc(C)n(-c2ccc(F)c(F)c2Cl)c1=O.Cc1c(N2CCC3(CC2)Cc2ccccc2[C@H]3N)nc(C)n(-c2cccc(F)c2Cl)c1=O.Cc1c(N2CCCC(N)(CC(C)O)CC2)nc(C)n(-c2cccc(Cl)c2Cl)c1=O. The summed E-state index contributed by atoms with van der Waals surface area (Å²) in [5.74, 6) is 2.04. The number of aromatic nitrogens is 10. The predicted molar refractivity (Wildman–Crippen MR) is 594 cm³/mol. The number of piperidine rings is 4. The predicted octanol–water partition coefficient (Wildman–Crippen LogP) is 19.9. The lowest BCUT2D eigenvalue weighted by Crippen LogP contribution is -2.51. The summed E-state index contributed by atoms with van der Waals surface area (Å²) in [6.07, 6.45) is 13.4. The van der Waals surface area contributed by atoms with Crippen molar-refractivity contribution in [1.29, 1.82) is 0 Å². The van der Waals surface area contributed by atoms with Crippen LogP contribution in [0, 0.1) is 94.5 Å². The highest BCUT2D eigenvalue weighted by atomic mass is 35.5. The number of rotatable bonds is 13. The van der Waals surface area contributed by atoms with Gasteiger partial charge in [-0.2, -0.15) is 9.97 Å². The lowest BCUT2D eigenvalue weighted by atomic mass is 9.73. The van der Waals surface area contributed by atoms with Crippen molar-refractivity contribution < 1.29 is 23.0 Å². The highest BCUT2D eigenvalue weighted by Gasteiger charge is 2.51. The van der Waals surface area contributed by atoms with Gasteiger partial charge in [-0.05, 0) is 258 Å². The zero-order chi connectivity index (χ0) is 107. The minimum Gasteiger partial charge on any atom is -0.393 e. The second-order valence-corrected chi connectivity index (χ2v) is 44.7. The number of aliphatic hydroxyl groups excluding tert-OH is 1. The number of halogens is 11.